The number of nitrogens with two attached hydrogens (primary N) is 2. The predicted octanol–water partition coefficient (Wildman–Crippen LogP) is -0.761. The van der Waals surface area contributed by atoms with Crippen LogP contribution in [-0.2, 0) is 17.8 Å². The van der Waals surface area contributed by atoms with Crippen LogP contribution in [0.3, 0.4) is 0 Å². The molecule has 16 heteroatoms. The molecule has 2 aromatic rings. The van der Waals surface area contributed by atoms with Crippen LogP contribution < -0.4 is 31.6 Å². The number of aliphatic hydroxyl groups excluding tert-OH is 4. The number of aliphatic hydroxyl groups is 5. The molecule has 1 saturated heterocycles. The number of hydrogen-bond donors (Lipinski definition) is 10. The molecule has 1 fully saturated rings. The van der Waals surface area contributed by atoms with E-state index < -0.39 is 66.8 Å². The average Bonchev–Trinajstić information content (AvgIpc) is 3.12. The maximum absolute atomic E-state index is 14.5. The largest absolute Gasteiger partial charge is 0.507 e. The molecule has 6 rings (SSSR count). The topological polar surface area (TPSA) is 272 Å². The first-order valence-electron chi connectivity index (χ1n) is 16.6. The Kier molecular flexibility index (Phi) is 10.0. The second-order valence-electron chi connectivity index (χ2n) is 13.0. The van der Waals surface area contributed by atoms with Gasteiger partial charge >= 0.3 is 0 Å². The van der Waals surface area contributed by atoms with Crippen molar-refractivity contribution in [1.29, 1.82) is 0 Å². The number of aromatic hydroxyl groups is 1. The van der Waals surface area contributed by atoms with Crippen molar-refractivity contribution in [3.63, 3.8) is 0 Å². The highest BCUT2D eigenvalue weighted by Gasteiger charge is 2.55. The molecule has 0 unspecified atom stereocenters. The van der Waals surface area contributed by atoms with Crippen LogP contribution in [-0.4, -0.2) is 106 Å². The van der Waals surface area contributed by atoms with Crippen molar-refractivity contribution in [3.05, 3.63) is 74.6 Å². The number of ketones is 2. The van der Waals surface area contributed by atoms with Gasteiger partial charge in [0.25, 0.3) is 0 Å². The summed E-state index contributed by atoms with van der Waals surface area (Å²) < 4.78 is 17.3. The fourth-order valence-corrected chi connectivity index (χ4v) is 7.47. The molecule has 2 aliphatic carbocycles. The maximum Gasteiger partial charge on any atom is 0.229 e. The molecule has 0 radical (unpaired) electrons. The number of fused-ring (bicyclic) bond motifs is 3. The van der Waals surface area contributed by atoms with E-state index >= 15 is 0 Å². The fourth-order valence-electron chi connectivity index (χ4n) is 7.47. The minimum Gasteiger partial charge on any atom is -0.507 e. The number of carbonyl (C=O) groups is 2. The zero-order valence-electron chi connectivity index (χ0n) is 28.2. The molecular formula is C35H43N5O11. The van der Waals surface area contributed by atoms with E-state index in [1.807, 2.05) is 6.08 Å². The molecule has 2 aromatic carbocycles. The zero-order valence-corrected chi connectivity index (χ0v) is 28.2. The van der Waals surface area contributed by atoms with Gasteiger partial charge in [-0.2, -0.15) is 0 Å². The summed E-state index contributed by atoms with van der Waals surface area (Å²) in [6.45, 7) is -1.02. The van der Waals surface area contributed by atoms with Crippen LogP contribution in [0.5, 0.6) is 17.2 Å². The Morgan fingerprint density at radius 1 is 1.16 bits per heavy atom. The van der Waals surface area contributed by atoms with Gasteiger partial charge in [-0.15, -0.1) is 0 Å². The first-order chi connectivity index (χ1) is 24.4. The van der Waals surface area contributed by atoms with E-state index in [9.17, 15) is 40.2 Å². The number of aryl methyl sites for hydroxylation is 1. The van der Waals surface area contributed by atoms with Crippen LogP contribution in [0.25, 0.3) is 0 Å². The average molecular weight is 710 g/mol. The van der Waals surface area contributed by atoms with Gasteiger partial charge < -0.3 is 67.0 Å². The first-order valence-corrected chi connectivity index (χ1v) is 16.6. The highest BCUT2D eigenvalue weighted by Crippen LogP contribution is 2.47. The van der Waals surface area contributed by atoms with Gasteiger partial charge in [-0.3, -0.25) is 14.6 Å². The van der Waals surface area contributed by atoms with Crippen LogP contribution in [0.15, 0.2) is 40.7 Å². The van der Waals surface area contributed by atoms with E-state index in [0.717, 1.165) is 5.57 Å². The van der Waals surface area contributed by atoms with Crippen LogP contribution in [0, 0.1) is 0 Å². The van der Waals surface area contributed by atoms with Crippen LogP contribution >= 0.6 is 0 Å². The van der Waals surface area contributed by atoms with Crippen LogP contribution in [0.4, 0.5) is 0 Å². The van der Waals surface area contributed by atoms with Gasteiger partial charge in [-0.1, -0.05) is 6.08 Å². The standard InChI is InChI=1S/C35H43N5O11/c1-38-34(37)40-19-5-3-4-16-11-17-26(29(44)24(16)19)30(45)27-21(12-20(49-2)18(13-41)25(27)28(17)43)50-33-31(46)32(47)35(48,22(14-42)51-33)8-6-15-7-9-39-23(36)10-15/h7,10-12,19,22,31-33,39,41-42,44,46-48H,3-6,8-9,13-14,36H2,1-2H3,(H3,37,38,40)/t19-,22-,31-,32-,33-,35-/m1/s1. The molecule has 274 valence electrons. The van der Waals surface area contributed by atoms with Crippen molar-refractivity contribution < 1.29 is 54.4 Å². The molecule has 6 atom stereocenters. The Morgan fingerprint density at radius 3 is 2.59 bits per heavy atom. The van der Waals surface area contributed by atoms with Crippen LogP contribution in [0.1, 0.15) is 80.3 Å². The monoisotopic (exact) mass is 709 g/mol. The highest BCUT2D eigenvalue weighted by molar-refractivity contribution is 6.31. The minimum absolute atomic E-state index is 0.0119. The van der Waals surface area contributed by atoms with Gasteiger partial charge in [0.05, 0.1) is 43.3 Å². The Hall–Kier alpha value is -4.71. The number of aliphatic imine (C=N–C) groups is 1. The summed E-state index contributed by atoms with van der Waals surface area (Å²) in [4.78, 5) is 32.7. The molecule has 51 heavy (non-hydrogen) atoms. The molecule has 0 aromatic heterocycles. The third-order valence-corrected chi connectivity index (χ3v) is 10.1. The molecule has 0 bridgehead atoms. The zero-order chi connectivity index (χ0) is 36.8. The van der Waals surface area contributed by atoms with E-state index in [1.165, 1.54) is 20.2 Å². The molecule has 2 heterocycles. The number of nitrogens with one attached hydrogen (secondary N) is 2. The number of nitrogens with zero attached hydrogens (tertiary/aromatic N) is 1. The molecule has 0 spiro atoms. The lowest BCUT2D eigenvalue weighted by Crippen LogP contribution is -2.67. The second-order valence-corrected chi connectivity index (χ2v) is 13.0. The van der Waals surface area contributed by atoms with Gasteiger partial charge in [-0.05, 0) is 55.4 Å². The number of benzene rings is 2. The summed E-state index contributed by atoms with van der Waals surface area (Å²) in [6, 6.07) is 2.27. The smallest absolute Gasteiger partial charge is 0.229 e. The molecule has 0 saturated carbocycles. The maximum atomic E-state index is 14.5. The van der Waals surface area contributed by atoms with E-state index in [0.29, 0.717) is 42.8 Å². The molecule has 16 nitrogen and oxygen atoms in total. The number of carbonyl (C=O) groups excluding carboxylic acids is 2. The van der Waals surface area contributed by atoms with Crippen LogP contribution in [0.2, 0.25) is 0 Å². The second kappa shape index (κ2) is 14.1. The number of allylic oxidation sites excluding steroid dienone is 2. The Bertz CT molecular complexity index is 1840. The van der Waals surface area contributed by atoms with Crippen molar-refractivity contribution in [2.24, 2.45) is 16.5 Å². The predicted molar refractivity (Wildman–Crippen MR) is 181 cm³/mol. The third-order valence-electron chi connectivity index (χ3n) is 10.1. The lowest BCUT2D eigenvalue weighted by Gasteiger charge is -2.48. The van der Waals surface area contributed by atoms with E-state index in [1.54, 1.807) is 12.1 Å². The summed E-state index contributed by atoms with van der Waals surface area (Å²) in [6.07, 6.45) is -1.67. The normalized spacial score (nSPS) is 27.4. The van der Waals surface area contributed by atoms with E-state index in [4.69, 9.17) is 25.7 Å². The van der Waals surface area contributed by atoms with Gasteiger partial charge in [0.15, 0.2) is 11.7 Å². The highest BCUT2D eigenvalue weighted by atomic mass is 16.7. The summed E-state index contributed by atoms with van der Waals surface area (Å²) in [5.41, 5.74) is 10.5. The number of rotatable bonds is 9. The summed E-state index contributed by atoms with van der Waals surface area (Å²) in [5.74, 6) is -1.75. The summed E-state index contributed by atoms with van der Waals surface area (Å²) >= 11 is 0. The van der Waals surface area contributed by atoms with Gasteiger partial charge in [0, 0.05) is 41.9 Å². The van der Waals surface area contributed by atoms with Gasteiger partial charge in [-0.25, -0.2) is 0 Å². The van der Waals surface area contributed by atoms with E-state index in [2.05, 4.69) is 15.6 Å². The molecule has 0 amide bonds. The minimum atomic E-state index is -2.13. The van der Waals surface area contributed by atoms with Gasteiger partial charge in [0.1, 0.15) is 41.2 Å². The molecule has 2 aliphatic heterocycles. The lowest BCUT2D eigenvalue weighted by molar-refractivity contribution is -0.314. The number of methoxy groups -OCH3 is 1. The SMILES string of the molecule is CN=C(N)N[C@@H]1CCCc2cc3c(c(O)c21)C(=O)c1c(O[C@@H]2O[C@H](CO)[C@](O)(CCC4=CCNC(N)=C4)[C@H](O)[C@H]2O)cc(OC)c(CO)c1C3=O. The summed E-state index contributed by atoms with van der Waals surface area (Å²) in [7, 11) is 2.79. The van der Waals surface area contributed by atoms with Crippen molar-refractivity contribution in [1.82, 2.24) is 10.6 Å². The Morgan fingerprint density at radius 2 is 1.92 bits per heavy atom. The number of phenols is 1. The third kappa shape index (κ3) is 6.17. The number of ether oxygens (including phenoxy) is 3. The molecule has 4 aliphatic rings. The number of dihydropyridines is 1. The van der Waals surface area contributed by atoms with Gasteiger partial charge in [0.2, 0.25) is 12.1 Å². The van der Waals surface area contributed by atoms with Crippen molar-refractivity contribution in [2.75, 3.05) is 27.3 Å². The summed E-state index contributed by atoms with van der Waals surface area (Å²) in [5, 5.41) is 72.3. The Balaban J connectivity index is 1.39. The molecule has 12 N–H and O–H groups in total. The lowest BCUT2D eigenvalue weighted by atomic mass is 9.76. The number of hydrogen-bond acceptors (Lipinski definition) is 14. The first kappa shape index (κ1) is 36.1. The Labute approximate surface area is 293 Å². The quantitative estimate of drug-likeness (QED) is 0.0966. The number of phenolic OH excluding ortho intramolecular Hbond substituents is 1. The van der Waals surface area contributed by atoms with Crippen molar-refractivity contribution in [3.8, 4) is 17.2 Å². The number of guanidine groups is 1. The fraction of sp³-hybridized carbons (Fsp3) is 0.457. The van der Waals surface area contributed by atoms with E-state index in [-0.39, 0.29) is 58.1 Å². The van der Waals surface area contributed by atoms with Crippen molar-refractivity contribution in [2.45, 2.75) is 75.0 Å². The van der Waals surface area contributed by atoms with Crippen molar-refractivity contribution >= 4 is 17.5 Å². The molecular weight excluding hydrogens is 666 g/mol.